The standard InChI is InChI=1S/C19H26ClN3O3/c20-13-6-7-17(24)16(12-13)18(25)23-10-8-15(9-11-23)22-19(26)21-14-4-2-1-3-5-14/h6-7,12,14-15,24H,1-5,8-11H2,(H2,21,22,26). The van der Waals surface area contributed by atoms with E-state index in [2.05, 4.69) is 10.6 Å². The largest absolute Gasteiger partial charge is 0.507 e. The fourth-order valence-corrected chi connectivity index (χ4v) is 3.91. The number of amides is 3. The van der Waals surface area contributed by atoms with E-state index >= 15 is 0 Å². The Morgan fingerprint density at radius 3 is 2.27 bits per heavy atom. The molecule has 1 saturated heterocycles. The lowest BCUT2D eigenvalue weighted by Gasteiger charge is -2.33. The van der Waals surface area contributed by atoms with E-state index in [4.69, 9.17) is 11.6 Å². The van der Waals surface area contributed by atoms with Crippen molar-refractivity contribution < 1.29 is 14.7 Å². The van der Waals surface area contributed by atoms with Crippen molar-refractivity contribution in [3.8, 4) is 5.75 Å². The van der Waals surface area contributed by atoms with Crippen LogP contribution in [0.15, 0.2) is 18.2 Å². The van der Waals surface area contributed by atoms with Gasteiger partial charge in [-0.3, -0.25) is 4.79 Å². The summed E-state index contributed by atoms with van der Waals surface area (Å²) in [5.41, 5.74) is 0.221. The molecule has 1 aromatic carbocycles. The molecule has 1 aromatic rings. The fraction of sp³-hybridized carbons (Fsp3) is 0.579. The van der Waals surface area contributed by atoms with Gasteiger partial charge in [0.2, 0.25) is 0 Å². The third kappa shape index (κ3) is 4.81. The fourth-order valence-electron chi connectivity index (χ4n) is 3.74. The van der Waals surface area contributed by atoms with Crippen LogP contribution in [0, 0.1) is 0 Å². The summed E-state index contributed by atoms with van der Waals surface area (Å²) in [6.45, 7) is 1.08. The average Bonchev–Trinajstić information content (AvgIpc) is 2.64. The van der Waals surface area contributed by atoms with Gasteiger partial charge < -0.3 is 20.6 Å². The molecule has 1 aliphatic heterocycles. The molecule has 6 nitrogen and oxygen atoms in total. The van der Waals surface area contributed by atoms with Crippen LogP contribution in [0.1, 0.15) is 55.3 Å². The van der Waals surface area contributed by atoms with Gasteiger partial charge in [0.25, 0.3) is 5.91 Å². The summed E-state index contributed by atoms with van der Waals surface area (Å²) in [5.74, 6) is -0.290. The van der Waals surface area contributed by atoms with Gasteiger partial charge in [-0.25, -0.2) is 4.79 Å². The number of nitrogens with one attached hydrogen (secondary N) is 2. The number of halogens is 1. The molecule has 7 heteroatoms. The molecule has 1 aliphatic carbocycles. The zero-order chi connectivity index (χ0) is 18.5. The Balaban J connectivity index is 1.47. The van der Waals surface area contributed by atoms with Crippen LogP contribution >= 0.6 is 11.6 Å². The zero-order valence-corrected chi connectivity index (χ0v) is 15.6. The summed E-state index contributed by atoms with van der Waals surface area (Å²) in [5, 5.41) is 16.4. The summed E-state index contributed by atoms with van der Waals surface area (Å²) in [6, 6.07) is 4.72. The van der Waals surface area contributed by atoms with E-state index in [9.17, 15) is 14.7 Å². The Labute approximate surface area is 158 Å². The van der Waals surface area contributed by atoms with Gasteiger partial charge >= 0.3 is 6.03 Å². The number of carbonyl (C=O) groups excluding carboxylic acids is 2. The molecule has 2 aliphatic rings. The lowest BCUT2D eigenvalue weighted by Crippen LogP contribution is -2.51. The number of hydrogen-bond donors (Lipinski definition) is 3. The van der Waals surface area contributed by atoms with Crippen molar-refractivity contribution in [3.05, 3.63) is 28.8 Å². The third-order valence-corrected chi connectivity index (χ3v) is 5.48. The van der Waals surface area contributed by atoms with Crippen LogP contribution in [0.4, 0.5) is 4.79 Å². The van der Waals surface area contributed by atoms with Crippen LogP contribution in [0.3, 0.4) is 0 Å². The Hall–Kier alpha value is -1.95. The zero-order valence-electron chi connectivity index (χ0n) is 14.8. The van der Waals surface area contributed by atoms with Crippen molar-refractivity contribution in [2.24, 2.45) is 0 Å². The number of phenols is 1. The molecular formula is C19H26ClN3O3. The van der Waals surface area contributed by atoms with Crippen LogP contribution in [0.25, 0.3) is 0 Å². The number of piperidine rings is 1. The minimum atomic E-state index is -0.227. The van der Waals surface area contributed by atoms with E-state index in [1.54, 1.807) is 11.0 Å². The SMILES string of the molecule is O=C(NC1CCCCC1)NC1CCN(C(=O)c2cc(Cl)ccc2O)CC1. The molecule has 0 spiro atoms. The number of nitrogens with zero attached hydrogens (tertiary/aromatic N) is 1. The molecule has 0 atom stereocenters. The predicted molar refractivity (Wildman–Crippen MR) is 101 cm³/mol. The molecular weight excluding hydrogens is 354 g/mol. The minimum absolute atomic E-state index is 0.0634. The first-order valence-electron chi connectivity index (χ1n) is 9.38. The first kappa shape index (κ1) is 18.8. The van der Waals surface area contributed by atoms with Gasteiger partial charge in [-0.2, -0.15) is 0 Å². The Morgan fingerprint density at radius 1 is 1.00 bits per heavy atom. The summed E-state index contributed by atoms with van der Waals surface area (Å²) in [7, 11) is 0. The first-order valence-corrected chi connectivity index (χ1v) is 9.75. The Bertz CT molecular complexity index is 653. The van der Waals surface area contributed by atoms with Crippen LogP contribution in [-0.2, 0) is 0 Å². The van der Waals surface area contributed by atoms with Gasteiger partial charge in [0.05, 0.1) is 5.56 Å². The summed E-state index contributed by atoms with van der Waals surface area (Å²) >= 11 is 5.92. The summed E-state index contributed by atoms with van der Waals surface area (Å²) in [6.07, 6.45) is 7.14. The molecule has 3 amide bonds. The van der Waals surface area contributed by atoms with E-state index in [1.165, 1.54) is 31.4 Å². The average molecular weight is 380 g/mol. The molecule has 26 heavy (non-hydrogen) atoms. The molecule has 3 N–H and O–H groups in total. The molecule has 142 valence electrons. The topological polar surface area (TPSA) is 81.7 Å². The van der Waals surface area contributed by atoms with Crippen molar-refractivity contribution in [2.45, 2.75) is 57.0 Å². The lowest BCUT2D eigenvalue weighted by molar-refractivity contribution is 0.0705. The van der Waals surface area contributed by atoms with E-state index in [0.717, 1.165) is 12.8 Å². The van der Waals surface area contributed by atoms with Crippen molar-refractivity contribution >= 4 is 23.5 Å². The Kier molecular flexibility index (Phi) is 6.25. The number of rotatable bonds is 3. The molecule has 0 aromatic heterocycles. The number of carbonyl (C=O) groups is 2. The minimum Gasteiger partial charge on any atom is -0.507 e. The summed E-state index contributed by atoms with van der Waals surface area (Å²) in [4.78, 5) is 26.4. The number of hydrogen-bond acceptors (Lipinski definition) is 3. The highest BCUT2D eigenvalue weighted by molar-refractivity contribution is 6.31. The van der Waals surface area contributed by atoms with Gasteiger partial charge in [0.1, 0.15) is 5.75 Å². The van der Waals surface area contributed by atoms with Crippen LogP contribution in [-0.4, -0.2) is 47.1 Å². The highest BCUT2D eigenvalue weighted by Crippen LogP contribution is 2.24. The smallest absolute Gasteiger partial charge is 0.315 e. The van der Waals surface area contributed by atoms with E-state index in [0.29, 0.717) is 31.0 Å². The van der Waals surface area contributed by atoms with E-state index in [-0.39, 0.29) is 35.3 Å². The van der Waals surface area contributed by atoms with Crippen molar-refractivity contribution in [1.29, 1.82) is 0 Å². The highest BCUT2D eigenvalue weighted by atomic mass is 35.5. The van der Waals surface area contributed by atoms with Crippen molar-refractivity contribution in [1.82, 2.24) is 15.5 Å². The van der Waals surface area contributed by atoms with Crippen LogP contribution in [0.2, 0.25) is 5.02 Å². The monoisotopic (exact) mass is 379 g/mol. The van der Waals surface area contributed by atoms with Gasteiger partial charge in [0, 0.05) is 30.2 Å². The maximum Gasteiger partial charge on any atom is 0.315 e. The normalized spacial score (nSPS) is 19.2. The maximum atomic E-state index is 12.6. The quantitative estimate of drug-likeness (QED) is 0.753. The molecule has 0 bridgehead atoms. The van der Waals surface area contributed by atoms with E-state index < -0.39 is 0 Å². The van der Waals surface area contributed by atoms with Gasteiger partial charge in [-0.15, -0.1) is 0 Å². The highest BCUT2D eigenvalue weighted by Gasteiger charge is 2.26. The second-order valence-electron chi connectivity index (χ2n) is 7.18. The van der Waals surface area contributed by atoms with Gasteiger partial charge in [0.15, 0.2) is 0 Å². The van der Waals surface area contributed by atoms with E-state index in [1.807, 2.05) is 0 Å². The number of phenolic OH excluding ortho intramolecular Hbond substituents is 1. The van der Waals surface area contributed by atoms with Crippen LogP contribution in [0.5, 0.6) is 5.75 Å². The molecule has 1 heterocycles. The number of aromatic hydroxyl groups is 1. The number of urea groups is 1. The number of likely N-dealkylation sites (tertiary alicyclic amines) is 1. The van der Waals surface area contributed by atoms with Gasteiger partial charge in [-0.1, -0.05) is 30.9 Å². The van der Waals surface area contributed by atoms with Crippen molar-refractivity contribution in [2.75, 3.05) is 13.1 Å². The predicted octanol–water partition coefficient (Wildman–Crippen LogP) is 3.28. The second-order valence-corrected chi connectivity index (χ2v) is 7.62. The molecule has 0 unspecified atom stereocenters. The molecule has 1 saturated carbocycles. The van der Waals surface area contributed by atoms with Gasteiger partial charge in [-0.05, 0) is 43.9 Å². The maximum absolute atomic E-state index is 12.6. The second kappa shape index (κ2) is 8.62. The first-order chi connectivity index (χ1) is 12.5. The number of benzene rings is 1. The summed E-state index contributed by atoms with van der Waals surface area (Å²) < 4.78 is 0. The lowest BCUT2D eigenvalue weighted by atomic mass is 9.96. The van der Waals surface area contributed by atoms with Crippen LogP contribution < -0.4 is 10.6 Å². The molecule has 2 fully saturated rings. The molecule has 3 rings (SSSR count). The van der Waals surface area contributed by atoms with Crippen molar-refractivity contribution in [3.63, 3.8) is 0 Å². The molecule has 0 radical (unpaired) electrons. The Morgan fingerprint density at radius 2 is 1.62 bits per heavy atom. The third-order valence-electron chi connectivity index (χ3n) is 5.25.